The standard InChI is InChI=1S/C10H15F2OP.Cu/c1-10(2,3)13-14(11,12)9-7-5-4-6-8-9;/h4-8,14H,1-3H3;. The van der Waals surface area contributed by atoms with Crippen molar-refractivity contribution in [1.82, 2.24) is 0 Å². The molecule has 0 unspecified atom stereocenters. The van der Waals surface area contributed by atoms with E-state index in [-0.39, 0.29) is 22.4 Å². The van der Waals surface area contributed by atoms with Crippen LogP contribution < -0.4 is 5.30 Å². The van der Waals surface area contributed by atoms with Gasteiger partial charge in [-0.2, -0.15) is 0 Å². The van der Waals surface area contributed by atoms with Crippen molar-refractivity contribution in [2.24, 2.45) is 0 Å². The zero-order valence-corrected chi connectivity index (χ0v) is 10.8. The minimum Gasteiger partial charge on any atom is 0 e. The molecule has 0 fully saturated rings. The van der Waals surface area contributed by atoms with Crippen LogP contribution in [0.1, 0.15) is 20.8 Å². The Labute approximate surface area is 100 Å². The fraction of sp³-hybridized carbons (Fsp3) is 0.400. The minimum atomic E-state index is -4.71. The molecule has 1 nitrogen and oxygen atoms in total. The van der Waals surface area contributed by atoms with Crippen molar-refractivity contribution in [2.75, 3.05) is 0 Å². The quantitative estimate of drug-likeness (QED) is 0.596. The van der Waals surface area contributed by atoms with Crippen molar-refractivity contribution in [3.8, 4) is 0 Å². The van der Waals surface area contributed by atoms with Crippen molar-refractivity contribution < 1.29 is 30.0 Å². The third-order valence-corrected chi connectivity index (χ3v) is 3.42. The number of hydrogen-bond donors (Lipinski definition) is 0. The maximum Gasteiger partial charge on any atom is 0 e. The summed E-state index contributed by atoms with van der Waals surface area (Å²) in [7, 11) is -4.71. The second-order valence-corrected chi connectivity index (χ2v) is 5.91. The van der Waals surface area contributed by atoms with Gasteiger partial charge in [-0.25, -0.2) is 0 Å². The zero-order chi connectivity index (χ0) is 10.8. The Morgan fingerprint density at radius 1 is 1.07 bits per heavy atom. The molecular formula is C10H15CuF2OP. The van der Waals surface area contributed by atoms with E-state index in [0.717, 1.165) is 0 Å². The van der Waals surface area contributed by atoms with E-state index in [1.54, 1.807) is 39.0 Å². The van der Waals surface area contributed by atoms with E-state index < -0.39 is 13.7 Å². The molecule has 1 rings (SSSR count). The van der Waals surface area contributed by atoms with Crippen LogP contribution in [-0.4, -0.2) is 5.60 Å². The molecule has 0 aliphatic heterocycles. The van der Waals surface area contributed by atoms with Crippen LogP contribution in [0.3, 0.4) is 0 Å². The first-order chi connectivity index (χ1) is 6.31. The Morgan fingerprint density at radius 3 is 1.93 bits per heavy atom. The molecule has 1 aromatic rings. The molecule has 0 atom stereocenters. The van der Waals surface area contributed by atoms with Gasteiger partial charge in [0.25, 0.3) is 0 Å². The van der Waals surface area contributed by atoms with Crippen LogP contribution in [0.2, 0.25) is 0 Å². The van der Waals surface area contributed by atoms with E-state index in [2.05, 4.69) is 0 Å². The van der Waals surface area contributed by atoms with Gasteiger partial charge in [-0.05, 0) is 0 Å². The van der Waals surface area contributed by atoms with Gasteiger partial charge in [0, 0.05) is 17.1 Å². The van der Waals surface area contributed by atoms with Gasteiger partial charge in [-0.3, -0.25) is 0 Å². The van der Waals surface area contributed by atoms with Crippen molar-refractivity contribution >= 4 is 13.4 Å². The Kier molecular flexibility index (Phi) is 5.35. The first-order valence-corrected chi connectivity index (χ1v) is 6.11. The largest absolute Gasteiger partial charge is 0 e. The Bertz CT molecular complexity index is 298. The fourth-order valence-corrected chi connectivity index (χ4v) is 2.54. The molecule has 1 aromatic carbocycles. The average Bonchev–Trinajstić information content (AvgIpc) is 2.01. The van der Waals surface area contributed by atoms with Gasteiger partial charge in [0.2, 0.25) is 0 Å². The van der Waals surface area contributed by atoms with Gasteiger partial charge < -0.3 is 0 Å². The van der Waals surface area contributed by atoms with E-state index in [1.807, 2.05) is 0 Å². The summed E-state index contributed by atoms with van der Waals surface area (Å²) in [4.78, 5) is 0. The molecule has 0 saturated carbocycles. The van der Waals surface area contributed by atoms with Crippen molar-refractivity contribution in [2.45, 2.75) is 26.4 Å². The molecule has 0 saturated heterocycles. The number of halogens is 2. The Hall–Kier alpha value is -0.0105. The van der Waals surface area contributed by atoms with Crippen molar-refractivity contribution in [3.63, 3.8) is 0 Å². The number of benzene rings is 1. The SMILES string of the molecule is CC(C)(C)O[PH](F)(F)c1ccccc1.[Cu]. The number of rotatable bonds is 2. The van der Waals surface area contributed by atoms with Crippen LogP contribution in [0.5, 0.6) is 0 Å². The second kappa shape index (κ2) is 5.36. The van der Waals surface area contributed by atoms with Gasteiger partial charge in [-0.1, -0.05) is 0 Å². The van der Waals surface area contributed by atoms with E-state index >= 15 is 0 Å². The van der Waals surface area contributed by atoms with Crippen LogP contribution in [0.25, 0.3) is 0 Å². The van der Waals surface area contributed by atoms with Gasteiger partial charge >= 0.3 is 83.0 Å². The fourth-order valence-electron chi connectivity index (χ4n) is 1.08. The predicted molar refractivity (Wildman–Crippen MR) is 57.4 cm³/mol. The summed E-state index contributed by atoms with van der Waals surface area (Å²) in [6.07, 6.45) is 0. The van der Waals surface area contributed by atoms with Crippen LogP contribution in [0.4, 0.5) is 8.39 Å². The Morgan fingerprint density at radius 2 is 1.53 bits per heavy atom. The third kappa shape index (κ3) is 5.03. The van der Waals surface area contributed by atoms with Gasteiger partial charge in [0.15, 0.2) is 0 Å². The molecular weight excluding hydrogens is 269 g/mol. The maximum atomic E-state index is 13.6. The molecule has 0 aromatic heterocycles. The summed E-state index contributed by atoms with van der Waals surface area (Å²) in [5, 5.41) is 0.0231. The first-order valence-electron chi connectivity index (χ1n) is 4.45. The monoisotopic (exact) mass is 283 g/mol. The van der Waals surface area contributed by atoms with Crippen LogP contribution in [0.15, 0.2) is 30.3 Å². The first kappa shape index (κ1) is 15.0. The van der Waals surface area contributed by atoms with Crippen LogP contribution in [-0.2, 0) is 21.6 Å². The van der Waals surface area contributed by atoms with Gasteiger partial charge in [0.1, 0.15) is 0 Å². The molecule has 1 radical (unpaired) electrons. The van der Waals surface area contributed by atoms with Crippen LogP contribution in [0, 0.1) is 0 Å². The van der Waals surface area contributed by atoms with E-state index in [1.165, 1.54) is 12.1 Å². The number of hydrogen-bond acceptors (Lipinski definition) is 1. The average molecular weight is 284 g/mol. The molecule has 0 heterocycles. The minimum absolute atomic E-state index is 0. The molecule has 0 amide bonds. The maximum absolute atomic E-state index is 13.6. The molecule has 0 spiro atoms. The summed E-state index contributed by atoms with van der Waals surface area (Å²) >= 11 is 0. The smallest absolute Gasteiger partial charge is 0 e. The summed E-state index contributed by atoms with van der Waals surface area (Å²) in [6, 6.07) is 7.74. The summed E-state index contributed by atoms with van der Waals surface area (Å²) in [6.45, 7) is 4.91. The molecule has 0 aliphatic rings. The second-order valence-electron chi connectivity index (χ2n) is 4.10. The summed E-state index contributed by atoms with van der Waals surface area (Å²) in [5.41, 5.74) is -0.800. The molecule has 0 aliphatic carbocycles. The predicted octanol–water partition coefficient (Wildman–Crippen LogP) is 3.56. The molecule has 15 heavy (non-hydrogen) atoms. The topological polar surface area (TPSA) is 9.23 Å². The third-order valence-electron chi connectivity index (χ3n) is 1.54. The van der Waals surface area contributed by atoms with Crippen molar-refractivity contribution in [1.29, 1.82) is 0 Å². The molecule has 0 N–H and O–H groups in total. The van der Waals surface area contributed by atoms with Gasteiger partial charge in [-0.15, -0.1) is 0 Å². The zero-order valence-electron chi connectivity index (χ0n) is 8.85. The molecule has 91 valence electrons. The molecule has 0 bridgehead atoms. The van der Waals surface area contributed by atoms with E-state index in [4.69, 9.17) is 4.52 Å². The van der Waals surface area contributed by atoms with Crippen LogP contribution >= 0.6 is 8.11 Å². The van der Waals surface area contributed by atoms with E-state index in [9.17, 15) is 8.39 Å². The van der Waals surface area contributed by atoms with Crippen molar-refractivity contribution in [3.05, 3.63) is 30.3 Å². The summed E-state index contributed by atoms with van der Waals surface area (Å²) in [5.74, 6) is 0. The molecule has 5 heteroatoms. The normalized spacial score (nSPS) is 13.1. The summed E-state index contributed by atoms with van der Waals surface area (Å²) < 4.78 is 32.0. The van der Waals surface area contributed by atoms with Gasteiger partial charge in [0.05, 0.1) is 0 Å². The van der Waals surface area contributed by atoms with E-state index in [0.29, 0.717) is 0 Å². The Balaban J connectivity index is 0.00000196.